The van der Waals surface area contributed by atoms with Crippen molar-refractivity contribution in [2.24, 2.45) is 5.92 Å². The minimum absolute atomic E-state index is 0.216. The number of piperidine rings is 2. The summed E-state index contributed by atoms with van der Waals surface area (Å²) in [6, 6.07) is 13.3. The molecule has 1 saturated carbocycles. The Labute approximate surface area is 330 Å². The van der Waals surface area contributed by atoms with Gasteiger partial charge in [0.1, 0.15) is 34.5 Å². The molecule has 1 aromatic carbocycles. The van der Waals surface area contributed by atoms with E-state index < -0.39 is 23.8 Å². The molecule has 3 aromatic heterocycles. The summed E-state index contributed by atoms with van der Waals surface area (Å²) in [4.78, 5) is 50.3. The standard InChI is InChI=1S/C42H51F3N8O4/c1-26(2)57-36-21-38-48-34(24-53(38)25-35(36)49-40(55)32-8-5-9-37(47-32)42(43,44)45)29-12-10-27(11-13-29)22-51(3)31-16-18-52(19-17-31)23-28-6-4-7-30(20-28)46-33-14-15-39(54)50-41(33)56/h4-9,20-21,24-27,29,31,33,46H,10-19,22-23H2,1-3H3,(H,49,55)(H,50,54,56). The number of rotatable bonds is 12. The lowest BCUT2D eigenvalue weighted by molar-refractivity contribution is -0.141. The van der Waals surface area contributed by atoms with E-state index in [0.717, 1.165) is 88.2 Å². The molecule has 57 heavy (non-hydrogen) atoms. The third-order valence-electron chi connectivity index (χ3n) is 11.4. The van der Waals surface area contributed by atoms with Gasteiger partial charge in [0, 0.05) is 55.6 Å². The molecule has 2 aliphatic heterocycles. The number of alkyl halides is 3. The van der Waals surface area contributed by atoms with Crippen molar-refractivity contribution in [3.8, 4) is 5.75 Å². The first-order valence-corrected chi connectivity index (χ1v) is 19.9. The maximum absolute atomic E-state index is 13.2. The molecule has 304 valence electrons. The number of likely N-dealkylation sites (tertiary alicyclic amines) is 1. The van der Waals surface area contributed by atoms with Crippen molar-refractivity contribution in [2.75, 3.05) is 37.3 Å². The molecule has 1 unspecified atom stereocenters. The molecule has 4 aromatic rings. The van der Waals surface area contributed by atoms with Crippen molar-refractivity contribution in [1.82, 2.24) is 29.5 Å². The van der Waals surface area contributed by atoms with Gasteiger partial charge in [0.25, 0.3) is 5.91 Å². The number of carbonyl (C=O) groups is 3. The number of imidazole rings is 1. The number of anilines is 2. The highest BCUT2D eigenvalue weighted by molar-refractivity contribution is 6.04. The first kappa shape index (κ1) is 40.2. The molecule has 2 saturated heterocycles. The highest BCUT2D eigenvalue weighted by Crippen LogP contribution is 2.37. The zero-order chi connectivity index (χ0) is 40.3. The predicted molar refractivity (Wildman–Crippen MR) is 210 cm³/mol. The monoisotopic (exact) mass is 788 g/mol. The van der Waals surface area contributed by atoms with Crippen molar-refractivity contribution < 1.29 is 32.3 Å². The number of nitrogens with one attached hydrogen (secondary N) is 3. The van der Waals surface area contributed by atoms with Crippen LogP contribution in [0.5, 0.6) is 5.75 Å². The fourth-order valence-corrected chi connectivity index (χ4v) is 8.35. The summed E-state index contributed by atoms with van der Waals surface area (Å²) >= 11 is 0. The van der Waals surface area contributed by atoms with Gasteiger partial charge in [0.15, 0.2) is 0 Å². The highest BCUT2D eigenvalue weighted by atomic mass is 19.4. The van der Waals surface area contributed by atoms with E-state index in [9.17, 15) is 27.6 Å². The molecule has 0 spiro atoms. The van der Waals surface area contributed by atoms with Crippen molar-refractivity contribution in [3.63, 3.8) is 0 Å². The first-order valence-electron chi connectivity index (χ1n) is 19.9. The minimum Gasteiger partial charge on any atom is -0.489 e. The molecule has 0 bridgehead atoms. The van der Waals surface area contributed by atoms with Crippen LogP contribution in [0.1, 0.15) is 98.6 Å². The summed E-state index contributed by atoms with van der Waals surface area (Å²) in [6.07, 6.45) is 6.13. The average Bonchev–Trinajstić information content (AvgIpc) is 3.59. The minimum atomic E-state index is -4.67. The lowest BCUT2D eigenvalue weighted by atomic mass is 9.80. The van der Waals surface area contributed by atoms with Gasteiger partial charge in [-0.2, -0.15) is 13.2 Å². The summed E-state index contributed by atoms with van der Waals surface area (Å²) in [6.45, 7) is 7.68. The van der Waals surface area contributed by atoms with E-state index >= 15 is 0 Å². The Kier molecular flexibility index (Phi) is 12.1. The number of benzene rings is 1. The zero-order valence-corrected chi connectivity index (χ0v) is 32.6. The lowest BCUT2D eigenvalue weighted by Crippen LogP contribution is -2.47. The topological polar surface area (TPSA) is 133 Å². The molecule has 12 nitrogen and oxygen atoms in total. The fraction of sp³-hybridized carbons (Fsp3) is 0.500. The molecule has 3 aliphatic rings. The van der Waals surface area contributed by atoms with Gasteiger partial charge < -0.3 is 24.7 Å². The van der Waals surface area contributed by atoms with Crippen molar-refractivity contribution in [2.45, 2.75) is 102 Å². The molecule has 1 atom stereocenters. The number of imide groups is 1. The molecule has 5 heterocycles. The Morgan fingerprint density at radius 1 is 0.982 bits per heavy atom. The van der Waals surface area contributed by atoms with Crippen LogP contribution in [0.4, 0.5) is 24.5 Å². The highest BCUT2D eigenvalue weighted by Gasteiger charge is 2.33. The largest absolute Gasteiger partial charge is 0.489 e. The molecule has 7 rings (SSSR count). The van der Waals surface area contributed by atoms with E-state index in [1.165, 1.54) is 11.6 Å². The second-order valence-electron chi connectivity index (χ2n) is 16.0. The number of nitrogens with zero attached hydrogens (tertiary/aromatic N) is 5. The van der Waals surface area contributed by atoms with Crippen molar-refractivity contribution >= 4 is 34.7 Å². The number of pyridine rings is 2. The number of hydrogen-bond donors (Lipinski definition) is 3. The number of amides is 3. The molecular weight excluding hydrogens is 738 g/mol. The van der Waals surface area contributed by atoms with Gasteiger partial charge in [0.05, 0.1) is 11.8 Å². The van der Waals surface area contributed by atoms with Crippen LogP contribution in [0.25, 0.3) is 5.65 Å². The number of carbonyl (C=O) groups excluding carboxylic acids is 3. The quantitative estimate of drug-likeness (QED) is 0.132. The SMILES string of the molecule is CC(C)Oc1cc2nc(C3CCC(CN(C)C4CCN(Cc5cccc(NC6CCC(=O)NC6=O)c5)CC4)CC3)cn2cc1NC(=O)c1cccc(C(F)(F)F)n1. The van der Waals surface area contributed by atoms with Crippen LogP contribution >= 0.6 is 0 Å². The number of ether oxygens (including phenoxy) is 1. The van der Waals surface area contributed by atoms with E-state index in [4.69, 9.17) is 9.72 Å². The zero-order valence-electron chi connectivity index (χ0n) is 32.6. The van der Waals surface area contributed by atoms with Crippen LogP contribution in [0.2, 0.25) is 0 Å². The first-order chi connectivity index (χ1) is 27.3. The molecule has 3 fully saturated rings. The maximum Gasteiger partial charge on any atom is 0.433 e. The molecular formula is C42H51F3N8O4. The lowest BCUT2D eigenvalue weighted by Gasteiger charge is -2.39. The Morgan fingerprint density at radius 2 is 1.74 bits per heavy atom. The van der Waals surface area contributed by atoms with E-state index in [1.54, 1.807) is 12.3 Å². The summed E-state index contributed by atoms with van der Waals surface area (Å²) in [5, 5.41) is 8.41. The third-order valence-corrected chi connectivity index (χ3v) is 11.4. The van der Waals surface area contributed by atoms with Gasteiger partial charge in [0.2, 0.25) is 11.8 Å². The number of hydrogen-bond acceptors (Lipinski definition) is 9. The molecule has 15 heteroatoms. The summed E-state index contributed by atoms with van der Waals surface area (Å²) in [7, 11) is 2.26. The second-order valence-corrected chi connectivity index (χ2v) is 16.0. The third kappa shape index (κ3) is 10.1. The van der Waals surface area contributed by atoms with Crippen molar-refractivity contribution in [1.29, 1.82) is 0 Å². The normalized spacial score (nSPS) is 21.2. The van der Waals surface area contributed by atoms with Gasteiger partial charge in [-0.3, -0.25) is 24.6 Å². The van der Waals surface area contributed by atoms with Crippen LogP contribution in [-0.2, 0) is 22.3 Å². The van der Waals surface area contributed by atoms with E-state index in [2.05, 4.69) is 49.9 Å². The predicted octanol–water partition coefficient (Wildman–Crippen LogP) is 6.87. The van der Waals surface area contributed by atoms with Gasteiger partial charge in [-0.1, -0.05) is 18.2 Å². The smallest absolute Gasteiger partial charge is 0.433 e. The van der Waals surface area contributed by atoms with E-state index in [-0.39, 0.29) is 23.6 Å². The van der Waals surface area contributed by atoms with Crippen LogP contribution in [0.15, 0.2) is 60.9 Å². The number of fused-ring (bicyclic) bond motifs is 1. The molecule has 0 radical (unpaired) electrons. The fourth-order valence-electron chi connectivity index (χ4n) is 8.35. The van der Waals surface area contributed by atoms with E-state index in [0.29, 0.717) is 47.8 Å². The van der Waals surface area contributed by atoms with Crippen LogP contribution in [-0.4, -0.2) is 86.8 Å². The average molecular weight is 789 g/mol. The van der Waals surface area contributed by atoms with Crippen molar-refractivity contribution in [3.05, 3.63) is 83.6 Å². The Morgan fingerprint density at radius 3 is 2.46 bits per heavy atom. The second kappa shape index (κ2) is 17.2. The Hall–Kier alpha value is -5.02. The molecule has 3 amide bonds. The van der Waals surface area contributed by atoms with Crippen LogP contribution in [0, 0.1) is 5.92 Å². The number of aromatic nitrogens is 3. The van der Waals surface area contributed by atoms with Gasteiger partial charge in [-0.05, 0) is 115 Å². The summed E-state index contributed by atoms with van der Waals surface area (Å²) in [5.41, 5.74) is 2.57. The summed E-state index contributed by atoms with van der Waals surface area (Å²) < 4.78 is 47.6. The maximum atomic E-state index is 13.2. The van der Waals surface area contributed by atoms with Gasteiger partial charge >= 0.3 is 6.18 Å². The Bertz CT molecular complexity index is 2070. The number of halogens is 3. The summed E-state index contributed by atoms with van der Waals surface area (Å²) in [5.74, 6) is 0.0316. The molecule has 3 N–H and O–H groups in total. The van der Waals surface area contributed by atoms with Crippen LogP contribution < -0.4 is 20.7 Å². The van der Waals surface area contributed by atoms with Crippen LogP contribution in [0.3, 0.4) is 0 Å². The Balaban J connectivity index is 0.896. The van der Waals surface area contributed by atoms with Gasteiger partial charge in [-0.15, -0.1) is 0 Å². The molecule has 1 aliphatic carbocycles. The van der Waals surface area contributed by atoms with Gasteiger partial charge in [-0.25, -0.2) is 9.97 Å². The van der Waals surface area contributed by atoms with E-state index in [1.807, 2.05) is 36.6 Å².